The van der Waals surface area contributed by atoms with Crippen LogP contribution in [0.2, 0.25) is 0 Å². The maximum Gasteiger partial charge on any atom is 0.416 e. The van der Waals surface area contributed by atoms with Gasteiger partial charge in [-0.3, -0.25) is 0 Å². The van der Waals surface area contributed by atoms with Crippen LogP contribution in [0.5, 0.6) is 0 Å². The molecule has 0 aliphatic carbocycles. The first kappa shape index (κ1) is 20.2. The van der Waals surface area contributed by atoms with E-state index in [4.69, 9.17) is 0 Å². The van der Waals surface area contributed by atoms with Crippen LogP contribution in [0.4, 0.5) is 30.7 Å². The Bertz CT molecular complexity index is 1180. The summed E-state index contributed by atoms with van der Waals surface area (Å²) in [5.41, 5.74) is -4.70. The predicted octanol–water partition coefficient (Wildman–Crippen LogP) is 6.43. The number of hydrogen-bond donors (Lipinski definition) is 0. The molecule has 0 saturated carbocycles. The first-order valence-electron chi connectivity index (χ1n) is 7.82. The topological polar surface area (TPSA) is 47.6 Å². The highest BCUT2D eigenvalue weighted by Crippen LogP contribution is 2.41. The van der Waals surface area contributed by atoms with Crippen molar-refractivity contribution in [2.45, 2.75) is 12.4 Å². The van der Waals surface area contributed by atoms with Crippen molar-refractivity contribution in [2.24, 2.45) is 0 Å². The fourth-order valence-electron chi connectivity index (χ4n) is 2.98. The number of nitrogens with zero attached hydrogens (tertiary/aromatic N) is 2. The van der Waals surface area contributed by atoms with Gasteiger partial charge in [0.1, 0.15) is 18.0 Å². The van der Waals surface area contributed by atoms with Crippen LogP contribution < -0.4 is 0 Å². The zero-order valence-corrected chi connectivity index (χ0v) is 14.1. The molecular formula is C20H7F7N2. The summed E-state index contributed by atoms with van der Waals surface area (Å²) in [6.07, 6.45) is -10.2. The largest absolute Gasteiger partial charge is 0.416 e. The average molecular weight is 408 g/mol. The van der Waals surface area contributed by atoms with Gasteiger partial charge in [0.05, 0.1) is 22.3 Å². The van der Waals surface area contributed by atoms with E-state index in [-0.39, 0.29) is 28.0 Å². The number of hydrogen-bond acceptors (Lipinski definition) is 2. The first-order chi connectivity index (χ1) is 13.5. The minimum Gasteiger partial charge on any atom is -0.207 e. The van der Waals surface area contributed by atoms with Crippen molar-refractivity contribution >= 4 is 10.8 Å². The van der Waals surface area contributed by atoms with Gasteiger partial charge in [-0.15, -0.1) is 0 Å². The lowest BCUT2D eigenvalue weighted by Gasteiger charge is -2.17. The number of benzene rings is 3. The molecule has 9 heteroatoms. The zero-order chi connectivity index (χ0) is 21.6. The van der Waals surface area contributed by atoms with Crippen molar-refractivity contribution < 1.29 is 30.7 Å². The van der Waals surface area contributed by atoms with Gasteiger partial charge < -0.3 is 0 Å². The molecule has 0 saturated heterocycles. The summed E-state index contributed by atoms with van der Waals surface area (Å²) >= 11 is 0. The van der Waals surface area contributed by atoms with Gasteiger partial charge in [0.2, 0.25) is 0 Å². The van der Waals surface area contributed by atoms with E-state index in [1.165, 1.54) is 0 Å². The fourth-order valence-corrected chi connectivity index (χ4v) is 2.98. The summed E-state index contributed by atoms with van der Waals surface area (Å²) < 4.78 is 92.9. The maximum absolute atomic E-state index is 13.6. The van der Waals surface area contributed by atoms with Crippen LogP contribution in [-0.2, 0) is 12.4 Å². The highest BCUT2D eigenvalue weighted by Gasteiger charge is 2.37. The van der Waals surface area contributed by atoms with E-state index >= 15 is 0 Å². The highest BCUT2D eigenvalue weighted by atomic mass is 19.4. The average Bonchev–Trinajstić information content (AvgIpc) is 2.64. The summed E-state index contributed by atoms with van der Waals surface area (Å²) in [5.74, 6) is -0.725. The second-order valence-corrected chi connectivity index (χ2v) is 6.06. The third-order valence-corrected chi connectivity index (χ3v) is 4.21. The Morgan fingerprint density at radius 2 is 1.31 bits per heavy atom. The number of halogens is 7. The fraction of sp³-hybridized carbons (Fsp3) is 0.100. The van der Waals surface area contributed by atoms with Crippen molar-refractivity contribution in [3.63, 3.8) is 0 Å². The lowest BCUT2D eigenvalue weighted by Crippen LogP contribution is -2.11. The van der Waals surface area contributed by atoms with Crippen molar-refractivity contribution in [1.29, 1.82) is 10.5 Å². The molecule has 2 nitrogen and oxygen atoms in total. The molecule has 146 valence electrons. The summed E-state index contributed by atoms with van der Waals surface area (Å²) in [4.78, 5) is 0. The molecule has 0 aromatic heterocycles. The molecular weight excluding hydrogens is 401 g/mol. The lowest BCUT2D eigenvalue weighted by atomic mass is 9.89. The number of rotatable bonds is 1. The van der Waals surface area contributed by atoms with Crippen molar-refractivity contribution in [3.05, 3.63) is 70.5 Å². The maximum atomic E-state index is 13.6. The third-order valence-electron chi connectivity index (χ3n) is 4.21. The van der Waals surface area contributed by atoms with Crippen LogP contribution in [-0.4, -0.2) is 0 Å². The SMILES string of the molecule is N#Cc1cc2cc(F)ccc2c(-c2cc(C(F)(F)F)cc(C(F)(F)F)c2)c1C#N. The molecule has 0 radical (unpaired) electrons. The first-order valence-corrected chi connectivity index (χ1v) is 7.82. The van der Waals surface area contributed by atoms with Gasteiger partial charge in [-0.2, -0.15) is 36.9 Å². The van der Waals surface area contributed by atoms with E-state index in [0.717, 1.165) is 24.3 Å². The van der Waals surface area contributed by atoms with Gasteiger partial charge in [-0.25, -0.2) is 4.39 Å². The molecule has 3 aromatic rings. The Balaban J connectivity index is 2.51. The Labute approximate surface area is 159 Å². The van der Waals surface area contributed by atoms with Gasteiger partial charge in [0.25, 0.3) is 0 Å². The molecule has 0 atom stereocenters. The van der Waals surface area contributed by atoms with Crippen LogP contribution in [0, 0.1) is 28.5 Å². The van der Waals surface area contributed by atoms with Gasteiger partial charge in [0.15, 0.2) is 0 Å². The van der Waals surface area contributed by atoms with Crippen LogP contribution in [0.25, 0.3) is 21.9 Å². The highest BCUT2D eigenvalue weighted by molar-refractivity contribution is 6.01. The molecule has 0 aliphatic heterocycles. The van der Waals surface area contributed by atoms with Crippen molar-refractivity contribution in [2.75, 3.05) is 0 Å². The monoisotopic (exact) mass is 408 g/mol. The number of alkyl halides is 6. The normalized spacial score (nSPS) is 11.9. The molecule has 0 aliphatic rings. The second kappa shape index (κ2) is 6.78. The van der Waals surface area contributed by atoms with Crippen molar-refractivity contribution in [3.8, 4) is 23.3 Å². The zero-order valence-electron chi connectivity index (χ0n) is 14.1. The van der Waals surface area contributed by atoms with Gasteiger partial charge in [-0.05, 0) is 52.7 Å². The molecule has 0 amide bonds. The molecule has 0 fully saturated rings. The van der Waals surface area contributed by atoms with E-state index in [1.54, 1.807) is 12.1 Å². The molecule has 0 N–H and O–H groups in total. The quantitative estimate of drug-likeness (QED) is 0.436. The molecule has 3 aromatic carbocycles. The van der Waals surface area contributed by atoms with Crippen LogP contribution in [0.15, 0.2) is 42.5 Å². The predicted molar refractivity (Wildman–Crippen MR) is 88.8 cm³/mol. The van der Waals surface area contributed by atoms with Crippen molar-refractivity contribution in [1.82, 2.24) is 0 Å². The van der Waals surface area contributed by atoms with Crippen LogP contribution >= 0.6 is 0 Å². The molecule has 0 heterocycles. The van der Waals surface area contributed by atoms with E-state index in [0.29, 0.717) is 12.1 Å². The van der Waals surface area contributed by atoms with E-state index < -0.39 is 40.4 Å². The molecule has 29 heavy (non-hydrogen) atoms. The van der Waals surface area contributed by atoms with Crippen LogP contribution in [0.3, 0.4) is 0 Å². The smallest absolute Gasteiger partial charge is 0.207 e. The summed E-state index contributed by atoms with van der Waals surface area (Å²) in [7, 11) is 0. The molecule has 0 unspecified atom stereocenters. The molecule has 0 spiro atoms. The Morgan fingerprint density at radius 1 is 0.724 bits per heavy atom. The van der Waals surface area contributed by atoms with Gasteiger partial charge in [0, 0.05) is 5.56 Å². The minimum absolute atomic E-state index is 0.0362. The Morgan fingerprint density at radius 3 is 1.79 bits per heavy atom. The standard InChI is InChI=1S/C20H7F7N2/c21-15-1-2-16-10(6-15)3-12(8-28)17(9-29)18(16)11-4-13(19(22,23)24)7-14(5-11)20(25,26)27/h1-7H. The van der Waals surface area contributed by atoms with Gasteiger partial charge >= 0.3 is 12.4 Å². The summed E-state index contributed by atoms with van der Waals surface area (Å²) in [6, 6.07) is 8.44. The summed E-state index contributed by atoms with van der Waals surface area (Å²) in [5, 5.41) is 18.8. The second-order valence-electron chi connectivity index (χ2n) is 6.06. The van der Waals surface area contributed by atoms with E-state index in [1.807, 2.05) is 0 Å². The Kier molecular flexibility index (Phi) is 4.71. The van der Waals surface area contributed by atoms with Gasteiger partial charge in [-0.1, -0.05) is 6.07 Å². The van der Waals surface area contributed by atoms with E-state index in [9.17, 15) is 41.3 Å². The number of fused-ring (bicyclic) bond motifs is 1. The molecule has 0 bridgehead atoms. The van der Waals surface area contributed by atoms with E-state index in [2.05, 4.69) is 0 Å². The summed E-state index contributed by atoms with van der Waals surface area (Å²) in [6.45, 7) is 0. The third kappa shape index (κ3) is 3.72. The minimum atomic E-state index is -5.09. The van der Waals surface area contributed by atoms with Crippen LogP contribution in [0.1, 0.15) is 22.3 Å². The number of nitriles is 2. The molecule has 3 rings (SSSR count). The Hall–Kier alpha value is -3.59. The lowest BCUT2D eigenvalue weighted by molar-refractivity contribution is -0.143.